The van der Waals surface area contributed by atoms with Crippen LogP contribution in [-0.2, 0) is 393 Å². The Labute approximate surface area is 1210 Å². The number of H-pyrrole nitrogens is 5. The van der Waals surface area contributed by atoms with Gasteiger partial charge in [-0.05, 0) is 67.1 Å². The molecule has 0 saturated carbocycles. The predicted molar refractivity (Wildman–Crippen MR) is 611 cm³/mol. The molecule has 0 amide bonds. The van der Waals surface area contributed by atoms with Gasteiger partial charge >= 0.3 is 0 Å². The van der Waals surface area contributed by atoms with Crippen LogP contribution in [0.4, 0.5) is 0 Å². The Bertz CT molecular complexity index is 2020. The summed E-state index contributed by atoms with van der Waals surface area (Å²) in [4.78, 5) is 35.8. The molecule has 0 aliphatic heterocycles. The number of rotatable bonds is 0. The van der Waals surface area contributed by atoms with Gasteiger partial charge in [-0.2, -0.15) is 42.2 Å². The number of thiophene rings is 1. The number of nitrogens with zero attached hydrogens (tertiary/aromatic N) is 17. The molecule has 13 aromatic rings. The number of pyridine rings is 1. The molecule has 0 aliphatic carbocycles. The molecule has 13 rings (SSSR count). The van der Waals surface area contributed by atoms with Crippen LogP contribution in [-0.4, -0.2) is 111 Å². The van der Waals surface area contributed by atoms with Gasteiger partial charge in [-0.3, -0.25) is 15.2 Å². The number of aromatic amines is 5. The van der Waals surface area contributed by atoms with E-state index in [1.807, 2.05) is 417 Å². The molecule has 834 valence electrons. The zero-order valence-electron chi connectivity index (χ0n) is 105. The van der Waals surface area contributed by atoms with E-state index in [0.717, 1.165) is 5.82 Å². The van der Waals surface area contributed by atoms with Crippen LogP contribution in [0.3, 0.4) is 0 Å². The molecule has 12 heterocycles. The summed E-state index contributed by atoms with van der Waals surface area (Å²) in [5, 5.41) is 41.1. The van der Waals surface area contributed by atoms with Gasteiger partial charge in [0.05, 0.1) is 43.6 Å². The second kappa shape index (κ2) is 521. The molecule has 0 unspecified atom stereocenters. The van der Waals surface area contributed by atoms with E-state index < -0.39 is 0 Å². The Morgan fingerprint density at radius 3 is 0.713 bits per heavy atom. The van der Waals surface area contributed by atoms with Gasteiger partial charge in [-0.15, -0.1) is 10.2 Å². The van der Waals surface area contributed by atoms with Gasteiger partial charge < -0.3 is 107 Å². The number of oxazole rings is 1. The normalized spacial score (nSPS) is 5.05. The fraction of sp³-hybridized carbons (Fsp3) is 0.476. The number of imidazole rings is 1. The Hall–Kier alpha value is 2.88. The van der Waals surface area contributed by atoms with Gasteiger partial charge in [0.2, 0.25) is 0 Å². The maximum absolute atomic E-state index is 4.58. The summed E-state index contributed by atoms with van der Waals surface area (Å²) in [6, 6.07) is 29.0. The topological polar surface area (TPSA) is 337 Å². The first-order chi connectivity index (χ1) is 59.3. The minimum atomic E-state index is 0. The Kier molecular flexibility index (Phi) is 1160. The van der Waals surface area contributed by atoms with Crippen molar-refractivity contribution in [3.8, 4) is 0 Å². The van der Waals surface area contributed by atoms with Crippen molar-refractivity contribution in [2.75, 3.05) is 0 Å². The van der Waals surface area contributed by atoms with E-state index in [2.05, 4.69) is 144 Å². The second-order valence-corrected chi connectivity index (χ2v) is 11.9. The van der Waals surface area contributed by atoms with Crippen molar-refractivity contribution in [3.05, 3.63) is 352 Å². The van der Waals surface area contributed by atoms with Crippen molar-refractivity contribution in [1.82, 2.24) is 111 Å². The maximum atomic E-state index is 4.58. The van der Waals surface area contributed by atoms with Crippen LogP contribution >= 0.6 is 11.3 Å². The van der Waals surface area contributed by atoms with E-state index in [1.54, 1.807) is 117 Å². The summed E-state index contributed by atoms with van der Waals surface area (Å²) in [6.07, 6.45) is 38.1. The van der Waals surface area contributed by atoms with Gasteiger partial charge in [0.25, 0.3) is 0 Å². The molecule has 0 atom stereocenters. The molecule has 5 N–H and O–H groups in total. The predicted octanol–water partition coefficient (Wildman–Crippen LogP) is 37.7. The first-order valence-electron chi connectivity index (χ1n) is 44.2. The number of hydrogen-bond acceptors (Lipinski definition) is 21. The summed E-state index contributed by atoms with van der Waals surface area (Å²) in [7, 11) is 0. The molecule has 143 heavy (non-hydrogen) atoms. The Morgan fingerprint density at radius 1 is 0.238 bits per heavy atom. The number of aromatic nitrogens is 22. The van der Waals surface area contributed by atoms with E-state index in [4.69, 9.17) is 0 Å². The van der Waals surface area contributed by atoms with Gasteiger partial charge in [0.15, 0.2) is 12.7 Å². The number of hydrogen-bond donors (Lipinski definition) is 5. The molecular weight excluding hydrogens is 2720 g/mol. The molecule has 12 aromatic heterocycles. The molecule has 0 saturated heterocycles. The van der Waals surface area contributed by atoms with E-state index in [0.29, 0.717) is 0 Å². The quantitative estimate of drug-likeness (QED) is 0.0881. The average Bonchev–Trinajstić information content (AvgIpc) is 1.96. The fourth-order valence-electron chi connectivity index (χ4n) is 3.09. The third-order valence-corrected chi connectivity index (χ3v) is 6.52. The summed E-state index contributed by atoms with van der Waals surface area (Å²) in [6.45, 7) is 99.9. The number of furan rings is 1. The second-order valence-electron chi connectivity index (χ2n) is 11.1. The van der Waals surface area contributed by atoms with Crippen LogP contribution < -0.4 is 0 Å². The van der Waals surface area contributed by atoms with Crippen LogP contribution in [0.1, 0.15) is 344 Å². The molecule has 38 heteroatoms. The number of tetrazole rings is 1. The fourth-order valence-corrected chi connectivity index (χ4v) is 3.55. The van der Waals surface area contributed by atoms with Crippen molar-refractivity contribution in [2.24, 2.45) is 0 Å². The molecule has 0 fully saturated rings. The van der Waals surface area contributed by atoms with Gasteiger partial charge in [0.1, 0.15) is 50.0 Å². The van der Waals surface area contributed by atoms with Crippen molar-refractivity contribution in [3.63, 3.8) is 0 Å². The molecule has 25 nitrogen and oxygen atoms in total. The first-order valence-corrected chi connectivity index (χ1v) is 45.1. The molecule has 0 spiro atoms. The van der Waals surface area contributed by atoms with Gasteiger partial charge in [-0.1, -0.05) is 397 Å². The summed E-state index contributed by atoms with van der Waals surface area (Å²) >= 11 is 1.71. The number of nitrogens with one attached hydrogen (secondary N) is 5. The van der Waals surface area contributed by atoms with Crippen LogP contribution in [0, 0.1) is 103 Å². The molecule has 1 aromatic carbocycles. The monoisotopic (exact) mass is 2950 g/mol. The van der Waals surface area contributed by atoms with Crippen molar-refractivity contribution < 1.29 is 406 Å². The Balaban J connectivity index is -0.0000000142. The van der Waals surface area contributed by atoms with E-state index in [9.17, 15) is 0 Å². The maximum Gasteiger partial charge on any atom is 0.180 e. The van der Waals surface area contributed by atoms with Crippen LogP contribution in [0.15, 0.2) is 265 Å². The standard InChI is InChI=1S/C7H8.C5H5N.C4H5N3.C4H4N2.C4H4O.C4H4S.2C3H4N2.2C3H3NO.2C2H3N3.24C2H6.CH2N4.12CH3.12Y/c1-7-5-3-2-4-6-7;1-2-4-6-5-3-1;1-4-6-2-5-3-7-4;1-2-5-4-6-3-1;2*1-2-4-5-3-1;1-2-5-3-4-1;1-2-4-5-3-1;1-2-5-3-4-1;1-2-4-5-3-1;1-3-2-5-4-1;1-2-4-5-3-1;24*1-2;1-2-4-5-3-1;;;;;;;;;;;;;;;;;;;;;;;;/h2-6H,1H3;1-5H;2-3H,1H3;1-4H;2*1-4H;2*1-3H,(H,4,5);2*1-3H;2*1-2H,(H,3,4,5);24*1-2H3;1H,(H,2,3,4,5);12*1H3;;;;;;;;;;;;/q;;;;;;;;;;;;;;;;;;;;;;;;;;;;;;;;;;;;;12*-1;;;;;;;;;;;;. The van der Waals surface area contributed by atoms with Crippen LogP contribution in [0.2, 0.25) is 0 Å². The van der Waals surface area contributed by atoms with Crippen LogP contribution in [0.5, 0.6) is 0 Å². The van der Waals surface area contributed by atoms with Crippen LogP contribution in [0.25, 0.3) is 0 Å². The molecule has 0 aliphatic rings. The van der Waals surface area contributed by atoms with E-state index >= 15 is 0 Å². The van der Waals surface area contributed by atoms with Crippen molar-refractivity contribution >= 4 is 11.3 Å². The zero-order valence-corrected chi connectivity index (χ0v) is 140. The summed E-state index contributed by atoms with van der Waals surface area (Å²) in [5.74, 6) is 0.759. The average molecular weight is 2950 g/mol. The van der Waals surface area contributed by atoms with E-state index in [1.165, 1.54) is 62.4 Å². The third kappa shape index (κ3) is 514. The van der Waals surface area contributed by atoms with E-state index in [-0.39, 0.29) is 482 Å². The van der Waals surface area contributed by atoms with Crippen molar-refractivity contribution in [1.29, 1.82) is 0 Å². The van der Waals surface area contributed by atoms with Crippen molar-refractivity contribution in [2.45, 2.75) is 346 Å². The summed E-state index contributed by atoms with van der Waals surface area (Å²) < 4.78 is 13.4. The smallest absolute Gasteiger partial charge is 0.180 e. The van der Waals surface area contributed by atoms with Gasteiger partial charge in [0, 0.05) is 442 Å². The minimum absolute atomic E-state index is 0. The molecule has 12 radical (unpaired) electrons. The SMILES string of the molecule is CC.CC.CC.CC.CC.CC.CC.CC.CC.CC.CC.CC.CC.CC.CC.CC.CC.CC.CC.CC.CC.CC.CC.CC.Cc1ccccc1.Cc1ncncn1.[CH3-].[CH3-].[CH3-].[CH3-].[CH3-].[CH3-].[CH3-].[CH3-].[CH3-].[CH3-].[CH3-].[CH3-].[Y].[Y].[Y].[Y].[Y].[Y].[Y].[Y].[Y].[Y].[Y].[Y].c1c[nH]cn1.c1ccncc1.c1ccoc1.c1ccsc1.c1cn[nH]c1.c1cn[nH]n1.c1cncnc1.c1cnoc1.c1cocn1.c1nc[nH]n1.c1nn[nH]n1. The van der Waals surface area contributed by atoms with Gasteiger partial charge in [-0.25, -0.2) is 39.9 Å². The zero-order chi connectivity index (χ0) is 98.5. The summed E-state index contributed by atoms with van der Waals surface area (Å²) in [5.41, 5.74) is 1.32. The minimum Gasteiger partial charge on any atom is -0.473 e. The first kappa shape index (κ1) is 320. The third-order valence-electron chi connectivity index (χ3n) is 5.90. The Morgan fingerprint density at radius 2 is 0.608 bits per heavy atom. The largest absolute Gasteiger partial charge is 0.473 e. The molecule has 0 bridgehead atoms. The number of aryl methyl sites for hydroxylation is 2. The number of benzene rings is 1. The molecular formula is C105H232N22O3SY12-12.